The summed E-state index contributed by atoms with van der Waals surface area (Å²) in [6.45, 7) is 2.36. The highest BCUT2D eigenvalue weighted by molar-refractivity contribution is 5.79. The molecule has 17 heavy (non-hydrogen) atoms. The van der Waals surface area contributed by atoms with E-state index in [1.165, 1.54) is 0 Å². The third-order valence-electron chi connectivity index (χ3n) is 2.53. The minimum atomic E-state index is 0.373. The lowest BCUT2D eigenvalue weighted by atomic mass is 10.2. The number of rotatable bonds is 4. The van der Waals surface area contributed by atoms with Gasteiger partial charge in [0.1, 0.15) is 12.4 Å². The van der Waals surface area contributed by atoms with Crippen LogP contribution in [0.2, 0.25) is 0 Å². The number of para-hydroxylation sites is 1. The Labute approximate surface area is 100 Å². The number of benzene rings is 1. The molecule has 0 amide bonds. The standard InChI is InChI=1S/C14H13NO2/c1-11-5-4-8-15-13(11)10-17-14-7-3-2-6-12(14)9-16/h2-9H,10H2,1H3. The van der Waals surface area contributed by atoms with E-state index in [0.717, 1.165) is 17.5 Å². The van der Waals surface area contributed by atoms with Crippen LogP contribution in [0.1, 0.15) is 21.6 Å². The molecule has 1 aromatic carbocycles. The molecular formula is C14H13NO2. The molecule has 0 aliphatic heterocycles. The summed E-state index contributed by atoms with van der Waals surface area (Å²) in [4.78, 5) is 15.0. The number of aryl methyl sites for hydroxylation is 1. The first-order valence-electron chi connectivity index (χ1n) is 5.39. The van der Waals surface area contributed by atoms with E-state index in [2.05, 4.69) is 4.98 Å². The number of pyridine rings is 1. The van der Waals surface area contributed by atoms with Crippen LogP contribution in [-0.2, 0) is 6.61 Å². The Morgan fingerprint density at radius 1 is 1.24 bits per heavy atom. The van der Waals surface area contributed by atoms with Crippen LogP contribution in [0.3, 0.4) is 0 Å². The zero-order valence-electron chi connectivity index (χ0n) is 9.59. The molecule has 0 saturated carbocycles. The average molecular weight is 227 g/mol. The van der Waals surface area contributed by atoms with Crippen LogP contribution in [0.15, 0.2) is 42.6 Å². The fourth-order valence-corrected chi connectivity index (χ4v) is 1.52. The van der Waals surface area contributed by atoms with E-state index in [1.54, 1.807) is 18.3 Å². The van der Waals surface area contributed by atoms with E-state index in [-0.39, 0.29) is 0 Å². The molecule has 2 rings (SSSR count). The van der Waals surface area contributed by atoms with Gasteiger partial charge in [-0.2, -0.15) is 0 Å². The van der Waals surface area contributed by atoms with Crippen molar-refractivity contribution in [2.24, 2.45) is 0 Å². The second-order valence-electron chi connectivity index (χ2n) is 3.71. The number of nitrogens with zero attached hydrogens (tertiary/aromatic N) is 1. The van der Waals surface area contributed by atoms with Gasteiger partial charge < -0.3 is 4.74 Å². The van der Waals surface area contributed by atoms with Gasteiger partial charge in [0.15, 0.2) is 6.29 Å². The molecule has 86 valence electrons. The fourth-order valence-electron chi connectivity index (χ4n) is 1.52. The van der Waals surface area contributed by atoms with Gasteiger partial charge in [-0.3, -0.25) is 9.78 Å². The number of carbonyl (C=O) groups is 1. The number of hydrogen-bond acceptors (Lipinski definition) is 3. The first kappa shape index (κ1) is 11.3. The first-order chi connectivity index (χ1) is 8.31. The molecule has 0 radical (unpaired) electrons. The SMILES string of the molecule is Cc1cccnc1COc1ccccc1C=O. The fraction of sp³-hybridized carbons (Fsp3) is 0.143. The molecule has 3 nitrogen and oxygen atoms in total. The number of ether oxygens (including phenoxy) is 1. The summed E-state index contributed by atoms with van der Waals surface area (Å²) < 4.78 is 5.60. The molecule has 3 heteroatoms. The van der Waals surface area contributed by atoms with Crippen LogP contribution in [-0.4, -0.2) is 11.3 Å². The number of hydrogen-bond donors (Lipinski definition) is 0. The smallest absolute Gasteiger partial charge is 0.153 e. The van der Waals surface area contributed by atoms with Gasteiger partial charge in [-0.15, -0.1) is 0 Å². The van der Waals surface area contributed by atoms with E-state index < -0.39 is 0 Å². The third kappa shape index (κ3) is 2.69. The second-order valence-corrected chi connectivity index (χ2v) is 3.71. The van der Waals surface area contributed by atoms with E-state index in [1.807, 2.05) is 31.2 Å². The quantitative estimate of drug-likeness (QED) is 0.754. The van der Waals surface area contributed by atoms with Gasteiger partial charge in [-0.05, 0) is 30.7 Å². The van der Waals surface area contributed by atoms with Crippen molar-refractivity contribution in [1.82, 2.24) is 4.98 Å². The van der Waals surface area contributed by atoms with E-state index >= 15 is 0 Å². The second kappa shape index (κ2) is 5.25. The summed E-state index contributed by atoms with van der Waals surface area (Å²) in [7, 11) is 0. The van der Waals surface area contributed by atoms with Gasteiger partial charge in [0.25, 0.3) is 0 Å². The largest absolute Gasteiger partial charge is 0.487 e. The molecule has 0 aliphatic carbocycles. The normalized spacial score (nSPS) is 9.94. The van der Waals surface area contributed by atoms with Crippen molar-refractivity contribution in [2.45, 2.75) is 13.5 Å². The number of aromatic nitrogens is 1. The molecule has 2 aromatic rings. The summed E-state index contributed by atoms with van der Waals surface area (Å²) >= 11 is 0. The van der Waals surface area contributed by atoms with Gasteiger partial charge in [-0.1, -0.05) is 18.2 Å². The van der Waals surface area contributed by atoms with Crippen LogP contribution in [0.25, 0.3) is 0 Å². The monoisotopic (exact) mass is 227 g/mol. The van der Waals surface area contributed by atoms with Crippen molar-refractivity contribution in [3.63, 3.8) is 0 Å². The first-order valence-corrected chi connectivity index (χ1v) is 5.39. The lowest BCUT2D eigenvalue weighted by Crippen LogP contribution is -2.02. The highest BCUT2D eigenvalue weighted by atomic mass is 16.5. The molecule has 0 N–H and O–H groups in total. The van der Waals surface area contributed by atoms with Crippen LogP contribution in [0.5, 0.6) is 5.75 Å². The molecule has 0 aliphatic rings. The van der Waals surface area contributed by atoms with Crippen molar-refractivity contribution < 1.29 is 9.53 Å². The van der Waals surface area contributed by atoms with Gasteiger partial charge in [0, 0.05) is 6.20 Å². The molecule has 0 bridgehead atoms. The molecule has 0 saturated heterocycles. The van der Waals surface area contributed by atoms with Crippen LogP contribution in [0, 0.1) is 6.92 Å². The van der Waals surface area contributed by atoms with Crippen LogP contribution >= 0.6 is 0 Å². The van der Waals surface area contributed by atoms with E-state index in [9.17, 15) is 4.79 Å². The maximum atomic E-state index is 10.8. The van der Waals surface area contributed by atoms with Crippen molar-refractivity contribution in [3.8, 4) is 5.75 Å². The van der Waals surface area contributed by atoms with E-state index in [4.69, 9.17) is 4.74 Å². The number of aldehydes is 1. The molecule has 0 fully saturated rings. The van der Waals surface area contributed by atoms with Gasteiger partial charge in [0.2, 0.25) is 0 Å². The molecule has 0 atom stereocenters. The minimum absolute atomic E-state index is 0.373. The highest BCUT2D eigenvalue weighted by Gasteiger charge is 2.03. The van der Waals surface area contributed by atoms with Crippen molar-refractivity contribution in [1.29, 1.82) is 0 Å². The zero-order valence-corrected chi connectivity index (χ0v) is 9.59. The predicted octanol–water partition coefficient (Wildman–Crippen LogP) is 2.78. The lowest BCUT2D eigenvalue weighted by Gasteiger charge is -2.09. The van der Waals surface area contributed by atoms with Crippen molar-refractivity contribution >= 4 is 6.29 Å². The Balaban J connectivity index is 2.13. The van der Waals surface area contributed by atoms with Crippen LogP contribution in [0.4, 0.5) is 0 Å². The Morgan fingerprint density at radius 2 is 2.06 bits per heavy atom. The van der Waals surface area contributed by atoms with Gasteiger partial charge in [0.05, 0.1) is 11.3 Å². The Kier molecular flexibility index (Phi) is 3.50. The third-order valence-corrected chi connectivity index (χ3v) is 2.53. The topological polar surface area (TPSA) is 39.2 Å². The lowest BCUT2D eigenvalue weighted by molar-refractivity contribution is 0.111. The molecule has 1 heterocycles. The summed E-state index contributed by atoms with van der Waals surface area (Å²) in [6.07, 6.45) is 2.53. The van der Waals surface area contributed by atoms with Gasteiger partial charge in [-0.25, -0.2) is 0 Å². The zero-order chi connectivity index (χ0) is 12.1. The molecular weight excluding hydrogens is 214 g/mol. The maximum absolute atomic E-state index is 10.8. The van der Waals surface area contributed by atoms with E-state index in [0.29, 0.717) is 17.9 Å². The summed E-state index contributed by atoms with van der Waals surface area (Å²) in [5, 5.41) is 0. The summed E-state index contributed by atoms with van der Waals surface area (Å²) in [5.41, 5.74) is 2.52. The Bertz CT molecular complexity index is 523. The average Bonchev–Trinajstić information content (AvgIpc) is 2.38. The minimum Gasteiger partial charge on any atom is -0.487 e. The molecule has 0 unspecified atom stereocenters. The van der Waals surface area contributed by atoms with Crippen LogP contribution < -0.4 is 4.74 Å². The predicted molar refractivity (Wildman–Crippen MR) is 65.1 cm³/mol. The summed E-state index contributed by atoms with van der Waals surface area (Å²) in [6, 6.07) is 11.0. The molecule has 0 spiro atoms. The van der Waals surface area contributed by atoms with Gasteiger partial charge >= 0.3 is 0 Å². The molecule has 1 aromatic heterocycles. The Hall–Kier alpha value is -2.16. The highest BCUT2D eigenvalue weighted by Crippen LogP contribution is 2.17. The summed E-state index contributed by atoms with van der Waals surface area (Å²) in [5.74, 6) is 0.590. The maximum Gasteiger partial charge on any atom is 0.153 e. The van der Waals surface area contributed by atoms with Crippen molar-refractivity contribution in [3.05, 3.63) is 59.4 Å². The Morgan fingerprint density at radius 3 is 2.82 bits per heavy atom. The number of carbonyl (C=O) groups excluding carboxylic acids is 1. The van der Waals surface area contributed by atoms with Crippen molar-refractivity contribution in [2.75, 3.05) is 0 Å².